The lowest BCUT2D eigenvalue weighted by Gasteiger charge is -2.20. The first-order valence-corrected chi connectivity index (χ1v) is 11.3. The highest BCUT2D eigenvalue weighted by atomic mass is 32.2. The highest BCUT2D eigenvalue weighted by Crippen LogP contribution is 2.28. The molecule has 6 nitrogen and oxygen atoms in total. The van der Waals surface area contributed by atoms with Gasteiger partial charge < -0.3 is 5.32 Å². The molecule has 2 aliphatic heterocycles. The van der Waals surface area contributed by atoms with Crippen molar-refractivity contribution in [1.29, 1.82) is 0 Å². The van der Waals surface area contributed by atoms with Crippen LogP contribution in [-0.4, -0.2) is 48.5 Å². The first kappa shape index (κ1) is 18.7. The van der Waals surface area contributed by atoms with Gasteiger partial charge in [-0.3, -0.25) is 4.79 Å². The van der Waals surface area contributed by atoms with Gasteiger partial charge in [-0.15, -0.1) is 0 Å². The zero-order valence-corrected chi connectivity index (χ0v) is 15.9. The molecule has 1 N–H and O–H groups in total. The quantitative estimate of drug-likeness (QED) is 0.864. The fraction of sp³-hybridized carbons (Fsp3) is 0.647. The maximum absolute atomic E-state index is 12.8. The van der Waals surface area contributed by atoms with Gasteiger partial charge in [0.1, 0.15) is 4.90 Å². The van der Waals surface area contributed by atoms with Gasteiger partial charge in [0.25, 0.3) is 0 Å². The summed E-state index contributed by atoms with van der Waals surface area (Å²) < 4.78 is 27.1. The Morgan fingerprint density at radius 2 is 1.84 bits per heavy atom. The molecule has 0 unspecified atom stereocenters. The molecule has 8 heteroatoms. The SMILES string of the molecule is O=C1NCCCC[C@@H]1Sc1ccc(S(=O)(=O)N2CCCCCC2)cn1. The summed E-state index contributed by atoms with van der Waals surface area (Å²) >= 11 is 1.41. The summed E-state index contributed by atoms with van der Waals surface area (Å²) in [5.41, 5.74) is 0. The van der Waals surface area contributed by atoms with E-state index >= 15 is 0 Å². The molecule has 0 radical (unpaired) electrons. The number of hydrogen-bond acceptors (Lipinski definition) is 5. The summed E-state index contributed by atoms with van der Waals surface area (Å²) in [5, 5.41) is 3.45. The summed E-state index contributed by atoms with van der Waals surface area (Å²) in [6.45, 7) is 1.90. The van der Waals surface area contributed by atoms with Crippen molar-refractivity contribution in [2.45, 2.75) is 60.1 Å². The standard InChI is InChI=1S/C17H25N3O3S2/c21-17-15(7-3-4-10-18-17)24-16-9-8-14(13-19-16)25(22,23)20-11-5-1-2-6-12-20/h8-9,13,15H,1-7,10-12H2,(H,18,21)/t15-/m0/s1. The van der Waals surface area contributed by atoms with Crippen LogP contribution in [0.5, 0.6) is 0 Å². The molecule has 2 fully saturated rings. The number of amides is 1. The molecular weight excluding hydrogens is 358 g/mol. The second-order valence-corrected chi connectivity index (χ2v) is 9.70. The predicted molar refractivity (Wildman–Crippen MR) is 98.0 cm³/mol. The number of pyridine rings is 1. The molecule has 3 rings (SSSR count). The van der Waals surface area contributed by atoms with Crippen molar-refractivity contribution < 1.29 is 13.2 Å². The van der Waals surface area contributed by atoms with Gasteiger partial charge in [0, 0.05) is 25.8 Å². The summed E-state index contributed by atoms with van der Waals surface area (Å²) in [4.78, 5) is 16.6. The minimum atomic E-state index is -3.47. The minimum Gasteiger partial charge on any atom is -0.355 e. The minimum absolute atomic E-state index is 0.0468. The number of aromatic nitrogens is 1. The molecule has 1 aromatic heterocycles. The van der Waals surface area contributed by atoms with E-state index in [0.717, 1.165) is 51.5 Å². The third kappa shape index (κ3) is 4.74. The second kappa shape index (κ2) is 8.51. The summed E-state index contributed by atoms with van der Waals surface area (Å²) in [6, 6.07) is 3.33. The second-order valence-electron chi connectivity index (χ2n) is 6.54. The molecule has 1 atom stereocenters. The molecule has 0 spiro atoms. The van der Waals surface area contributed by atoms with Gasteiger partial charge >= 0.3 is 0 Å². The van der Waals surface area contributed by atoms with Crippen LogP contribution in [0.1, 0.15) is 44.9 Å². The Labute approximate surface area is 153 Å². The Hall–Kier alpha value is -1.12. The number of rotatable bonds is 4. The van der Waals surface area contributed by atoms with Gasteiger partial charge in [0.15, 0.2) is 0 Å². The Morgan fingerprint density at radius 1 is 1.08 bits per heavy atom. The van der Waals surface area contributed by atoms with Crippen LogP contribution < -0.4 is 5.32 Å². The number of nitrogens with zero attached hydrogens (tertiary/aromatic N) is 2. The number of carbonyl (C=O) groups is 1. The fourth-order valence-electron chi connectivity index (χ4n) is 3.19. The monoisotopic (exact) mass is 383 g/mol. The van der Waals surface area contributed by atoms with E-state index in [1.165, 1.54) is 18.0 Å². The highest BCUT2D eigenvalue weighted by molar-refractivity contribution is 8.00. The van der Waals surface area contributed by atoms with Crippen molar-refractivity contribution in [3.63, 3.8) is 0 Å². The van der Waals surface area contributed by atoms with Crippen molar-refractivity contribution in [1.82, 2.24) is 14.6 Å². The zero-order valence-electron chi connectivity index (χ0n) is 14.3. The van der Waals surface area contributed by atoms with Crippen LogP contribution in [0, 0.1) is 0 Å². The van der Waals surface area contributed by atoms with E-state index in [1.807, 2.05) is 0 Å². The highest BCUT2D eigenvalue weighted by Gasteiger charge is 2.26. The van der Waals surface area contributed by atoms with Crippen molar-refractivity contribution >= 4 is 27.7 Å². The molecule has 138 valence electrons. The van der Waals surface area contributed by atoms with E-state index in [1.54, 1.807) is 16.4 Å². The molecule has 2 aliphatic rings. The van der Waals surface area contributed by atoms with Crippen LogP contribution in [-0.2, 0) is 14.8 Å². The maximum Gasteiger partial charge on any atom is 0.244 e. The van der Waals surface area contributed by atoms with E-state index < -0.39 is 10.0 Å². The first-order valence-electron chi connectivity index (χ1n) is 8.98. The van der Waals surface area contributed by atoms with E-state index in [9.17, 15) is 13.2 Å². The van der Waals surface area contributed by atoms with E-state index in [0.29, 0.717) is 18.1 Å². The van der Waals surface area contributed by atoms with Crippen LogP contribution in [0.2, 0.25) is 0 Å². The summed E-state index contributed by atoms with van der Waals surface area (Å²) in [5.74, 6) is 0.0468. The van der Waals surface area contributed by atoms with Crippen LogP contribution in [0.4, 0.5) is 0 Å². The Balaban J connectivity index is 1.69. The van der Waals surface area contributed by atoms with Crippen molar-refractivity contribution in [2.75, 3.05) is 19.6 Å². The van der Waals surface area contributed by atoms with Gasteiger partial charge in [-0.2, -0.15) is 4.31 Å². The van der Waals surface area contributed by atoms with Gasteiger partial charge in [-0.25, -0.2) is 13.4 Å². The number of sulfonamides is 1. The van der Waals surface area contributed by atoms with Gasteiger partial charge in [-0.1, -0.05) is 31.0 Å². The number of carbonyl (C=O) groups excluding carboxylic acids is 1. The summed E-state index contributed by atoms with van der Waals surface area (Å²) in [6.07, 6.45) is 8.27. The van der Waals surface area contributed by atoms with E-state index in [2.05, 4.69) is 10.3 Å². The molecule has 0 aromatic carbocycles. The molecule has 2 saturated heterocycles. The molecule has 0 bridgehead atoms. The smallest absolute Gasteiger partial charge is 0.244 e. The van der Waals surface area contributed by atoms with Gasteiger partial charge in [0.05, 0.1) is 10.3 Å². The molecule has 0 aliphatic carbocycles. The molecule has 1 amide bonds. The Kier molecular flexibility index (Phi) is 6.35. The first-order chi connectivity index (χ1) is 12.1. The molecule has 25 heavy (non-hydrogen) atoms. The van der Waals surface area contributed by atoms with Crippen LogP contribution >= 0.6 is 11.8 Å². The lowest BCUT2D eigenvalue weighted by Crippen LogP contribution is -2.32. The lowest BCUT2D eigenvalue weighted by molar-refractivity contribution is -0.120. The largest absolute Gasteiger partial charge is 0.355 e. The van der Waals surface area contributed by atoms with E-state index in [4.69, 9.17) is 0 Å². The molecule has 0 saturated carbocycles. The average molecular weight is 384 g/mol. The predicted octanol–water partition coefficient (Wildman–Crippen LogP) is 2.41. The van der Waals surface area contributed by atoms with Gasteiger partial charge in [0.2, 0.25) is 15.9 Å². The third-order valence-corrected chi connectivity index (χ3v) is 7.76. The topological polar surface area (TPSA) is 79.4 Å². The van der Waals surface area contributed by atoms with E-state index in [-0.39, 0.29) is 16.1 Å². The van der Waals surface area contributed by atoms with Crippen LogP contribution in [0.25, 0.3) is 0 Å². The zero-order chi connectivity index (χ0) is 17.7. The number of nitrogens with one attached hydrogen (secondary N) is 1. The Bertz CT molecular complexity index is 684. The number of thioether (sulfide) groups is 1. The van der Waals surface area contributed by atoms with Crippen LogP contribution in [0.15, 0.2) is 28.3 Å². The fourth-order valence-corrected chi connectivity index (χ4v) is 5.68. The molecule has 1 aromatic rings. The Morgan fingerprint density at radius 3 is 2.52 bits per heavy atom. The molecule has 3 heterocycles. The van der Waals surface area contributed by atoms with Crippen molar-refractivity contribution in [2.24, 2.45) is 0 Å². The number of hydrogen-bond donors (Lipinski definition) is 1. The van der Waals surface area contributed by atoms with Crippen LogP contribution in [0.3, 0.4) is 0 Å². The van der Waals surface area contributed by atoms with Crippen molar-refractivity contribution in [3.05, 3.63) is 18.3 Å². The lowest BCUT2D eigenvalue weighted by atomic mass is 10.2. The summed E-state index contributed by atoms with van der Waals surface area (Å²) in [7, 11) is -3.47. The normalized spacial score (nSPS) is 23.5. The van der Waals surface area contributed by atoms with Crippen molar-refractivity contribution in [3.8, 4) is 0 Å². The maximum atomic E-state index is 12.8. The average Bonchev–Trinajstić information content (AvgIpc) is 3.00. The molecular formula is C17H25N3O3S2. The third-order valence-electron chi connectivity index (χ3n) is 4.66. The van der Waals surface area contributed by atoms with Gasteiger partial charge in [-0.05, 0) is 37.8 Å².